The molecule has 0 radical (unpaired) electrons. The van der Waals surface area contributed by atoms with Crippen molar-refractivity contribution >= 4 is 38.8 Å². The van der Waals surface area contributed by atoms with Crippen molar-refractivity contribution in [1.29, 1.82) is 0 Å². The van der Waals surface area contributed by atoms with Gasteiger partial charge in [-0.05, 0) is 76.7 Å². The van der Waals surface area contributed by atoms with Crippen LogP contribution < -0.4 is 4.90 Å². The monoisotopic (exact) mass is 793 g/mol. The van der Waals surface area contributed by atoms with Crippen LogP contribution in [0.1, 0.15) is 12.0 Å². The number of allylic oxidation sites excluding steroid dienone is 2. The van der Waals surface area contributed by atoms with Crippen LogP contribution >= 0.6 is 0 Å². The smallest absolute Gasteiger partial charge is 0.166 e. The number of nitrogens with zero attached hydrogens (tertiary/aromatic N) is 5. The molecule has 0 fully saturated rings. The second kappa shape index (κ2) is 14.8. The Morgan fingerprint density at radius 2 is 1.00 bits per heavy atom. The van der Waals surface area contributed by atoms with E-state index < -0.39 is 0 Å². The maximum Gasteiger partial charge on any atom is 0.166 e. The van der Waals surface area contributed by atoms with Gasteiger partial charge < -0.3 is 9.47 Å². The van der Waals surface area contributed by atoms with Crippen LogP contribution in [0, 0.1) is 0 Å². The third-order valence-electron chi connectivity index (χ3n) is 12.3. The number of rotatable bonds is 7. The lowest BCUT2D eigenvalue weighted by Gasteiger charge is -2.30. The Bertz CT molecular complexity index is 3310. The largest absolute Gasteiger partial charge is 0.332 e. The van der Waals surface area contributed by atoms with Gasteiger partial charge in [0.05, 0.1) is 28.5 Å². The highest BCUT2D eigenvalue weighted by Crippen LogP contribution is 2.56. The highest BCUT2D eigenvalue weighted by atomic mass is 15.2. The zero-order chi connectivity index (χ0) is 41.0. The maximum atomic E-state index is 5.22. The zero-order valence-electron chi connectivity index (χ0n) is 33.8. The van der Waals surface area contributed by atoms with Gasteiger partial charge in [0, 0.05) is 38.7 Å². The molecule has 0 N–H and O–H groups in total. The minimum Gasteiger partial charge on any atom is -0.332 e. The van der Waals surface area contributed by atoms with E-state index >= 15 is 0 Å². The van der Waals surface area contributed by atoms with Crippen LogP contribution in [0.5, 0.6) is 0 Å². The molecule has 0 saturated heterocycles. The lowest BCUT2D eigenvalue weighted by atomic mass is 9.84. The summed E-state index contributed by atoms with van der Waals surface area (Å²) in [4.78, 5) is 18.0. The first-order chi connectivity index (χ1) is 30.8. The van der Waals surface area contributed by atoms with E-state index in [9.17, 15) is 0 Å². The third-order valence-corrected chi connectivity index (χ3v) is 12.3. The Hall–Kier alpha value is -8.15. The number of para-hydroxylation sites is 3. The molecule has 0 bridgehead atoms. The molecule has 3 heterocycles. The standard InChI is InChI=1S/C57H39N5/c1-5-20-38(21-6-1)42-36-37-51-54(53(42)46-31-19-35-50-52(46)43-28-13-16-32-47(43)61(50)41-26-11-4-12-27-41)44-29-14-17-33-48(44)62(51)49-34-18-15-30-45(49)57-59-55(39-22-7-2-8-23-39)58-56(60-57)40-24-9-3-10-25-40/h1-32,34-37,48H,33H2. The number of fused-ring (bicyclic) bond motifs is 6. The van der Waals surface area contributed by atoms with Crippen molar-refractivity contribution in [2.45, 2.75) is 12.5 Å². The molecule has 2 aliphatic rings. The molecule has 292 valence electrons. The molecule has 8 aromatic carbocycles. The highest BCUT2D eigenvalue weighted by Gasteiger charge is 2.39. The molecule has 0 amide bonds. The molecular weight excluding hydrogens is 755 g/mol. The number of hydrogen-bond acceptors (Lipinski definition) is 4. The number of benzene rings is 8. The van der Waals surface area contributed by atoms with Gasteiger partial charge in [0.2, 0.25) is 0 Å². The van der Waals surface area contributed by atoms with Crippen LogP contribution in [-0.2, 0) is 0 Å². The lowest BCUT2D eigenvalue weighted by Crippen LogP contribution is -2.27. The molecule has 1 aliphatic carbocycles. The highest BCUT2D eigenvalue weighted by molar-refractivity contribution is 6.19. The quantitative estimate of drug-likeness (QED) is 0.161. The van der Waals surface area contributed by atoms with Gasteiger partial charge >= 0.3 is 0 Å². The van der Waals surface area contributed by atoms with Crippen molar-refractivity contribution < 1.29 is 0 Å². The predicted octanol–water partition coefficient (Wildman–Crippen LogP) is 14.2. The summed E-state index contributed by atoms with van der Waals surface area (Å²) in [5, 5.41) is 2.47. The molecule has 12 rings (SSSR count). The Labute approximate surface area is 360 Å². The molecule has 1 unspecified atom stereocenters. The van der Waals surface area contributed by atoms with Gasteiger partial charge in [0.15, 0.2) is 17.5 Å². The summed E-state index contributed by atoms with van der Waals surface area (Å²) in [7, 11) is 0. The Morgan fingerprint density at radius 3 is 1.73 bits per heavy atom. The number of hydrogen-bond donors (Lipinski definition) is 0. The Kier molecular flexibility index (Phi) is 8.56. The molecule has 1 aliphatic heterocycles. The summed E-state index contributed by atoms with van der Waals surface area (Å²) in [6.07, 6.45) is 7.72. The van der Waals surface area contributed by atoms with Crippen LogP contribution in [0.4, 0.5) is 11.4 Å². The third kappa shape index (κ3) is 5.81. The Morgan fingerprint density at radius 1 is 0.419 bits per heavy atom. The molecule has 2 aromatic heterocycles. The van der Waals surface area contributed by atoms with Crippen LogP contribution in [0.15, 0.2) is 218 Å². The van der Waals surface area contributed by atoms with Crippen molar-refractivity contribution in [2.75, 3.05) is 4.90 Å². The van der Waals surface area contributed by atoms with E-state index in [2.05, 4.69) is 191 Å². The van der Waals surface area contributed by atoms with Crippen molar-refractivity contribution in [1.82, 2.24) is 19.5 Å². The summed E-state index contributed by atoms with van der Waals surface area (Å²) >= 11 is 0. The van der Waals surface area contributed by atoms with Gasteiger partial charge in [-0.25, -0.2) is 15.0 Å². The Balaban J connectivity index is 1.13. The first-order valence-electron chi connectivity index (χ1n) is 21.2. The van der Waals surface area contributed by atoms with E-state index in [0.29, 0.717) is 17.5 Å². The van der Waals surface area contributed by atoms with Crippen molar-refractivity contribution in [2.24, 2.45) is 0 Å². The number of aromatic nitrogens is 4. The number of anilines is 2. The summed E-state index contributed by atoms with van der Waals surface area (Å²) < 4.78 is 2.41. The van der Waals surface area contributed by atoms with Gasteiger partial charge in [0.1, 0.15) is 0 Å². The lowest BCUT2D eigenvalue weighted by molar-refractivity contribution is 0.829. The summed E-state index contributed by atoms with van der Waals surface area (Å²) in [6.45, 7) is 0. The second-order valence-corrected chi connectivity index (χ2v) is 15.9. The van der Waals surface area contributed by atoms with E-state index in [4.69, 9.17) is 15.0 Å². The summed E-state index contributed by atoms with van der Waals surface area (Å²) in [6, 6.07) is 71.0. The van der Waals surface area contributed by atoms with E-state index in [1.807, 2.05) is 36.4 Å². The molecular formula is C57H39N5. The molecule has 62 heavy (non-hydrogen) atoms. The topological polar surface area (TPSA) is 46.8 Å². The van der Waals surface area contributed by atoms with Crippen LogP contribution in [0.2, 0.25) is 0 Å². The fourth-order valence-corrected chi connectivity index (χ4v) is 9.68. The first kappa shape index (κ1) is 35.8. The first-order valence-corrected chi connectivity index (χ1v) is 21.2. The van der Waals surface area contributed by atoms with Gasteiger partial charge in [-0.15, -0.1) is 0 Å². The molecule has 5 nitrogen and oxygen atoms in total. The van der Waals surface area contributed by atoms with E-state index in [1.165, 1.54) is 55.2 Å². The average molecular weight is 794 g/mol. The van der Waals surface area contributed by atoms with Gasteiger partial charge in [-0.1, -0.05) is 176 Å². The normalized spacial score (nSPS) is 14.2. The van der Waals surface area contributed by atoms with Crippen molar-refractivity contribution in [3.8, 4) is 62.1 Å². The maximum absolute atomic E-state index is 5.22. The van der Waals surface area contributed by atoms with Crippen molar-refractivity contribution in [3.63, 3.8) is 0 Å². The van der Waals surface area contributed by atoms with Gasteiger partial charge in [-0.3, -0.25) is 0 Å². The fourth-order valence-electron chi connectivity index (χ4n) is 9.68. The SMILES string of the molecule is C1=CCC2C(=C1)c1c(ccc(-c3ccccc3)c1-c1cccc3c1c1ccccc1n3-c1ccccc1)N2c1ccccc1-c1nc(-c2ccccc2)nc(-c2ccccc2)n1. The van der Waals surface area contributed by atoms with Crippen LogP contribution in [-0.4, -0.2) is 25.6 Å². The molecule has 0 spiro atoms. The fraction of sp³-hybridized carbons (Fsp3) is 0.0351. The van der Waals surface area contributed by atoms with E-state index in [0.717, 1.165) is 40.2 Å². The average Bonchev–Trinajstić information content (AvgIpc) is 3.88. The minimum absolute atomic E-state index is 0.0508. The van der Waals surface area contributed by atoms with E-state index in [-0.39, 0.29) is 6.04 Å². The van der Waals surface area contributed by atoms with Gasteiger partial charge in [-0.2, -0.15) is 0 Å². The zero-order valence-corrected chi connectivity index (χ0v) is 33.8. The summed E-state index contributed by atoms with van der Waals surface area (Å²) in [5.41, 5.74) is 16.0. The predicted molar refractivity (Wildman–Crippen MR) is 255 cm³/mol. The van der Waals surface area contributed by atoms with Crippen LogP contribution in [0.3, 0.4) is 0 Å². The molecule has 0 saturated carbocycles. The van der Waals surface area contributed by atoms with E-state index in [1.54, 1.807) is 0 Å². The van der Waals surface area contributed by atoms with Crippen LogP contribution in [0.25, 0.3) is 89.5 Å². The van der Waals surface area contributed by atoms with Gasteiger partial charge in [0.25, 0.3) is 0 Å². The molecule has 5 heteroatoms. The second-order valence-electron chi connectivity index (χ2n) is 15.9. The minimum atomic E-state index is 0.0508. The molecule has 10 aromatic rings. The molecule has 1 atom stereocenters. The summed E-state index contributed by atoms with van der Waals surface area (Å²) in [5.74, 6) is 1.92. The van der Waals surface area contributed by atoms with Crippen molar-refractivity contribution in [3.05, 3.63) is 224 Å².